The summed E-state index contributed by atoms with van der Waals surface area (Å²) >= 11 is 0. The molecule has 0 amide bonds. The number of aliphatic hydroxyl groups is 4. The van der Waals surface area contributed by atoms with Gasteiger partial charge in [0.05, 0.1) is 45.6 Å². The second kappa shape index (κ2) is 18.7. The van der Waals surface area contributed by atoms with Gasteiger partial charge in [0, 0.05) is 19.3 Å². The number of aliphatic hydroxyl groups excluding tert-OH is 4. The summed E-state index contributed by atoms with van der Waals surface area (Å²) in [6, 6.07) is 0. The number of nitrogens with one attached hydrogen (secondary N) is 2. The van der Waals surface area contributed by atoms with Crippen molar-refractivity contribution in [2.75, 3.05) is 24.7 Å². The molecule has 35 heteroatoms. The minimum Gasteiger partial charge on any atom is -0.756 e. The normalized spacial score (nSPS) is 30.8. The Morgan fingerprint density at radius 2 is 1.06 bits per heavy atom. The standard InChI is InChI=1S/C28H41N10O20P3.2H3N/c1-35-8-37(21-15(35)23(43)33-27(29)31-21)25-19(41)17(39)13(54-25)6-52-60(48,49)57-11-3-10(56-59(45,46)47)4-12(5-11)58-61(50,51)53-7-14-18(40)20(42)26(55-14)38-9-36(2)16-22(38)32-28(30)34-24(16)44;;/h8-14,17-20,25-26,39-42H,3-7H2,1-2H3,(H8-2,29,30,31,32,33,34,43,44,45,46,47,48,49,50,51);2*1H3/p+2/t10?,11-,12+,13-,14-,17-,18-,19-,20-,25-,26-;;/m1../s1. The van der Waals surface area contributed by atoms with Crippen LogP contribution in [0.1, 0.15) is 31.7 Å². The molecule has 2 saturated heterocycles. The highest BCUT2D eigenvalue weighted by Gasteiger charge is 2.49. The quantitative estimate of drug-likeness (QED) is 0.0415. The van der Waals surface area contributed by atoms with Crippen LogP contribution in [0.5, 0.6) is 0 Å². The van der Waals surface area contributed by atoms with Gasteiger partial charge in [-0.05, 0) is 0 Å². The van der Waals surface area contributed by atoms with Gasteiger partial charge in [-0.25, -0.2) is 13.7 Å². The van der Waals surface area contributed by atoms with Crippen LogP contribution in [-0.2, 0) is 59.9 Å². The number of aryl methyl sites for hydroxylation is 2. The number of nitrogen functional groups attached to an aromatic ring is 2. The zero-order valence-corrected chi connectivity index (χ0v) is 36.3. The van der Waals surface area contributed by atoms with Crippen LogP contribution in [0.25, 0.3) is 22.3 Å². The summed E-state index contributed by atoms with van der Waals surface area (Å²) in [7, 11) is -13.1. The lowest BCUT2D eigenvalue weighted by Gasteiger charge is -2.39. The van der Waals surface area contributed by atoms with Gasteiger partial charge in [-0.1, -0.05) is 9.97 Å². The zero-order chi connectivity index (χ0) is 44.5. The fourth-order valence-electron chi connectivity index (χ4n) is 7.48. The first-order valence-corrected chi connectivity index (χ1v) is 22.4. The second-order valence-corrected chi connectivity index (χ2v) is 18.4. The van der Waals surface area contributed by atoms with E-state index in [-0.39, 0.29) is 46.5 Å². The topological polar surface area (TPSA) is 517 Å². The molecule has 7 rings (SSSR count). The SMILES string of the molecule is Cn1c[n+]([C@@H]2O[C@H](COP(=O)([O-])O[C@@H]3CC(OP(=O)(O)O)C[C@H](OP(=O)([O-])OC[C@H]4O[C@@H]([n+]5cn(C)c6c(=O)[nH]c(N)nc65)[C@H](O)[C@@H]4O)C3)[C@@H](O)[C@H]2O)c2nc(N)[nH]c(=O)c21.[NH4+].[NH4+]. The average molecular weight is 967 g/mol. The molecule has 32 nitrogen and oxygen atoms in total. The van der Waals surface area contributed by atoms with Crippen LogP contribution in [0, 0.1) is 0 Å². The van der Waals surface area contributed by atoms with E-state index >= 15 is 0 Å². The molecule has 0 bridgehead atoms. The van der Waals surface area contributed by atoms with Gasteiger partial charge in [0.15, 0.2) is 12.7 Å². The lowest BCUT2D eigenvalue weighted by molar-refractivity contribution is -0.746. The van der Waals surface area contributed by atoms with Crippen LogP contribution in [-0.4, -0.2) is 127 Å². The highest BCUT2D eigenvalue weighted by molar-refractivity contribution is 7.46. The van der Waals surface area contributed by atoms with Crippen molar-refractivity contribution in [2.24, 2.45) is 14.1 Å². The van der Waals surface area contributed by atoms with Gasteiger partial charge in [-0.3, -0.25) is 42.3 Å². The van der Waals surface area contributed by atoms with Crippen LogP contribution in [0.4, 0.5) is 11.9 Å². The number of anilines is 2. The number of aromatic nitrogens is 8. The molecule has 0 radical (unpaired) electrons. The van der Waals surface area contributed by atoms with E-state index in [4.69, 9.17) is 43.6 Å². The number of nitrogens with zero attached hydrogens (tertiary/aromatic N) is 6. The molecule has 0 spiro atoms. The summed E-state index contributed by atoms with van der Waals surface area (Å²) in [5.74, 6) is -0.528. The number of aromatic amines is 2. The van der Waals surface area contributed by atoms with E-state index in [1.165, 1.54) is 45.0 Å². The van der Waals surface area contributed by atoms with Crippen LogP contribution in [0.3, 0.4) is 0 Å². The van der Waals surface area contributed by atoms with Gasteiger partial charge in [-0.15, -0.1) is 0 Å². The van der Waals surface area contributed by atoms with Gasteiger partial charge in [-0.2, -0.15) is 0 Å². The fourth-order valence-corrected chi connectivity index (χ4v) is 9.90. The summed E-state index contributed by atoms with van der Waals surface area (Å²) in [5, 5.41) is 42.9. The Morgan fingerprint density at radius 1 is 0.714 bits per heavy atom. The molecule has 3 unspecified atom stereocenters. The molecule has 13 atom stereocenters. The van der Waals surface area contributed by atoms with Gasteiger partial charge in [0.25, 0.3) is 38.7 Å². The number of imidazole rings is 2. The molecular formula is C28H49N12O20P3+2. The summed E-state index contributed by atoms with van der Waals surface area (Å²) in [4.78, 5) is 82.5. The Bertz CT molecular complexity index is 2410. The number of nitrogens with two attached hydrogens (primary N) is 2. The minimum atomic E-state index is -5.44. The summed E-state index contributed by atoms with van der Waals surface area (Å²) in [6.45, 7) is -1.88. The molecule has 4 aromatic heterocycles. The smallest absolute Gasteiger partial charge is 0.469 e. The monoisotopic (exact) mass is 966 g/mol. The second-order valence-electron chi connectivity index (χ2n) is 14.5. The molecule has 63 heavy (non-hydrogen) atoms. The van der Waals surface area contributed by atoms with E-state index in [0.717, 1.165) is 0 Å². The van der Waals surface area contributed by atoms with Gasteiger partial charge >= 0.3 is 19.1 Å². The van der Waals surface area contributed by atoms with Crippen molar-refractivity contribution in [3.63, 3.8) is 0 Å². The molecule has 0 aromatic carbocycles. The number of rotatable bonds is 14. The maximum Gasteiger partial charge on any atom is 0.469 e. The molecule has 1 aliphatic carbocycles. The van der Waals surface area contributed by atoms with Crippen LogP contribution < -0.4 is 53.8 Å². The molecule has 2 aliphatic heterocycles. The highest BCUT2D eigenvalue weighted by Crippen LogP contribution is 2.50. The van der Waals surface area contributed by atoms with Crippen molar-refractivity contribution in [3.05, 3.63) is 33.4 Å². The number of quaternary nitrogens is 2. The van der Waals surface area contributed by atoms with Crippen molar-refractivity contribution in [3.8, 4) is 0 Å². The van der Waals surface area contributed by atoms with E-state index in [2.05, 4.69) is 19.9 Å². The fraction of sp³-hybridized carbons (Fsp3) is 0.643. The van der Waals surface area contributed by atoms with Gasteiger partial charge < -0.3 is 91.3 Å². The van der Waals surface area contributed by atoms with Crippen molar-refractivity contribution in [1.82, 2.24) is 41.4 Å². The maximum absolute atomic E-state index is 13.0. The Morgan fingerprint density at radius 3 is 1.41 bits per heavy atom. The van der Waals surface area contributed by atoms with E-state index in [9.17, 15) is 63.3 Å². The van der Waals surface area contributed by atoms with Gasteiger partial charge in [0.2, 0.25) is 23.5 Å². The average Bonchev–Trinajstić information content (AvgIpc) is 3.82. The molecule has 3 fully saturated rings. The van der Waals surface area contributed by atoms with Crippen LogP contribution in [0.2, 0.25) is 0 Å². The lowest BCUT2D eigenvalue weighted by atomic mass is 9.93. The summed E-state index contributed by atoms with van der Waals surface area (Å²) in [5.41, 5.74) is 10.1. The molecule has 20 N–H and O–H groups in total. The van der Waals surface area contributed by atoms with Crippen LogP contribution >= 0.6 is 23.5 Å². The molecular weight excluding hydrogens is 917 g/mol. The third-order valence-corrected chi connectivity index (χ3v) is 12.6. The first kappa shape index (κ1) is 50.3. The first-order valence-electron chi connectivity index (χ1n) is 18.0. The van der Waals surface area contributed by atoms with Crippen molar-refractivity contribution < 1.29 is 94.9 Å². The summed E-state index contributed by atoms with van der Waals surface area (Å²) < 4.78 is 78.9. The Kier molecular flexibility index (Phi) is 14.9. The zero-order valence-electron chi connectivity index (χ0n) is 33.6. The van der Waals surface area contributed by atoms with E-state index in [1.807, 2.05) is 0 Å². The van der Waals surface area contributed by atoms with Crippen molar-refractivity contribution in [1.29, 1.82) is 0 Å². The number of fused-ring (bicyclic) bond motifs is 2. The molecule has 1 saturated carbocycles. The maximum atomic E-state index is 13.0. The minimum absolute atomic E-state index is 0. The van der Waals surface area contributed by atoms with Crippen LogP contribution in [0.15, 0.2) is 22.2 Å². The van der Waals surface area contributed by atoms with E-state index in [0.29, 0.717) is 0 Å². The van der Waals surface area contributed by atoms with E-state index < -0.39 is 134 Å². The number of hydrogen-bond acceptors (Lipinski definition) is 22. The van der Waals surface area contributed by atoms with E-state index in [1.54, 1.807) is 0 Å². The van der Waals surface area contributed by atoms with Crippen molar-refractivity contribution in [2.45, 2.75) is 86.7 Å². The third kappa shape index (κ3) is 10.7. The summed E-state index contributed by atoms with van der Waals surface area (Å²) in [6.07, 6.45) is -16.5. The Hall–Kier alpha value is -3.69. The largest absolute Gasteiger partial charge is 0.756 e. The predicted octanol–water partition coefficient (Wildman–Crippen LogP) is -5.33. The lowest BCUT2D eigenvalue weighted by Crippen LogP contribution is -2.46. The Labute approximate surface area is 352 Å². The Balaban J connectivity index is 0.00000374. The highest BCUT2D eigenvalue weighted by atomic mass is 31.2. The third-order valence-electron chi connectivity index (χ3n) is 10.0. The predicted molar refractivity (Wildman–Crippen MR) is 203 cm³/mol. The first-order chi connectivity index (χ1) is 28.4. The number of ether oxygens (including phenoxy) is 2. The number of hydrogen-bond donors (Lipinski definition) is 12. The molecule has 354 valence electrons. The molecule has 6 heterocycles. The molecule has 3 aliphatic rings. The number of phosphoric acid groups is 3. The number of phosphoric ester groups is 3. The number of H-pyrrole nitrogens is 2. The van der Waals surface area contributed by atoms with Crippen molar-refractivity contribution >= 4 is 57.7 Å². The van der Waals surface area contributed by atoms with Gasteiger partial charge in [0.1, 0.15) is 36.6 Å². The molecule has 4 aromatic rings.